The normalized spacial score (nSPS) is 24.9. The van der Waals surface area contributed by atoms with Gasteiger partial charge in [-0.25, -0.2) is 8.42 Å². The van der Waals surface area contributed by atoms with E-state index in [-0.39, 0.29) is 11.0 Å². The molecule has 1 saturated heterocycles. The fourth-order valence-corrected chi connectivity index (χ4v) is 3.83. The van der Waals surface area contributed by atoms with Crippen LogP contribution in [0.15, 0.2) is 4.52 Å². The van der Waals surface area contributed by atoms with Gasteiger partial charge in [-0.05, 0) is 19.8 Å². The minimum atomic E-state index is -2.97. The molecular formula is C10H16N2O4S. The van der Waals surface area contributed by atoms with E-state index < -0.39 is 15.9 Å². The Morgan fingerprint density at radius 3 is 2.94 bits per heavy atom. The lowest BCUT2D eigenvalue weighted by Crippen LogP contribution is -2.19. The Morgan fingerprint density at radius 1 is 1.59 bits per heavy atom. The third-order valence-corrected chi connectivity index (χ3v) is 5.13. The molecule has 17 heavy (non-hydrogen) atoms. The fourth-order valence-electron chi connectivity index (χ4n) is 2.00. The predicted octanol–water partition coefficient (Wildman–Crippen LogP) is 0.113. The molecule has 1 N–H and O–H groups in total. The van der Waals surface area contributed by atoms with Crippen LogP contribution in [0.3, 0.4) is 0 Å². The van der Waals surface area contributed by atoms with Gasteiger partial charge in [0.1, 0.15) is 0 Å². The number of hydrogen-bond acceptors (Lipinski definition) is 6. The van der Waals surface area contributed by atoms with Crippen molar-refractivity contribution < 1.29 is 18.0 Å². The van der Waals surface area contributed by atoms with Gasteiger partial charge in [0.2, 0.25) is 5.89 Å². The second-order valence-electron chi connectivity index (χ2n) is 4.49. The van der Waals surface area contributed by atoms with E-state index in [0.29, 0.717) is 37.4 Å². The van der Waals surface area contributed by atoms with Crippen LogP contribution in [0, 0.1) is 0 Å². The summed E-state index contributed by atoms with van der Waals surface area (Å²) >= 11 is 0. The van der Waals surface area contributed by atoms with Crippen LogP contribution < -0.4 is 0 Å². The van der Waals surface area contributed by atoms with Gasteiger partial charge >= 0.3 is 0 Å². The van der Waals surface area contributed by atoms with E-state index in [0.717, 1.165) is 0 Å². The quantitative estimate of drug-likeness (QED) is 0.826. The Bertz CT molecular complexity index is 480. The largest absolute Gasteiger partial charge is 0.393 e. The molecule has 2 atom stereocenters. The first kappa shape index (κ1) is 12.5. The highest BCUT2D eigenvalue weighted by Crippen LogP contribution is 2.22. The van der Waals surface area contributed by atoms with Crippen molar-refractivity contribution in [2.24, 2.45) is 0 Å². The van der Waals surface area contributed by atoms with Gasteiger partial charge < -0.3 is 9.63 Å². The molecule has 0 radical (unpaired) electrons. The van der Waals surface area contributed by atoms with E-state index in [2.05, 4.69) is 10.1 Å². The van der Waals surface area contributed by atoms with E-state index in [4.69, 9.17) is 9.63 Å². The minimum absolute atomic E-state index is 0.260. The molecule has 0 bridgehead atoms. The van der Waals surface area contributed by atoms with Gasteiger partial charge in [0, 0.05) is 6.42 Å². The molecule has 1 fully saturated rings. The van der Waals surface area contributed by atoms with Crippen molar-refractivity contribution in [2.45, 2.75) is 44.0 Å². The zero-order valence-corrected chi connectivity index (χ0v) is 10.5. The van der Waals surface area contributed by atoms with E-state index in [1.165, 1.54) is 0 Å². The van der Waals surface area contributed by atoms with Crippen molar-refractivity contribution in [3.63, 3.8) is 0 Å². The SMILES string of the molecule is CC(O)Cc1nc(CC2CCCS2(=O)=O)no1. The van der Waals surface area contributed by atoms with Crippen LogP contribution in [0.2, 0.25) is 0 Å². The summed E-state index contributed by atoms with van der Waals surface area (Å²) in [7, 11) is -2.97. The highest BCUT2D eigenvalue weighted by molar-refractivity contribution is 7.92. The number of sulfone groups is 1. The first-order chi connectivity index (χ1) is 7.97. The van der Waals surface area contributed by atoms with Gasteiger partial charge in [0.15, 0.2) is 15.7 Å². The third-order valence-electron chi connectivity index (χ3n) is 2.85. The van der Waals surface area contributed by atoms with Crippen LogP contribution in [-0.4, -0.2) is 40.8 Å². The molecule has 96 valence electrons. The molecule has 7 heteroatoms. The zero-order chi connectivity index (χ0) is 12.5. The van der Waals surface area contributed by atoms with Crippen molar-refractivity contribution in [1.29, 1.82) is 0 Å². The van der Waals surface area contributed by atoms with Gasteiger partial charge in [-0.3, -0.25) is 0 Å². The average molecular weight is 260 g/mol. The summed E-state index contributed by atoms with van der Waals surface area (Å²) in [6, 6.07) is 0. The maximum atomic E-state index is 11.6. The number of hydrogen-bond donors (Lipinski definition) is 1. The summed E-state index contributed by atoms with van der Waals surface area (Å²) in [5.41, 5.74) is 0. The molecule has 0 aromatic carbocycles. The standard InChI is InChI=1S/C10H16N2O4S/c1-7(13)5-10-11-9(12-16-10)6-8-3-2-4-17(8,14)15/h7-8,13H,2-6H2,1H3. The topological polar surface area (TPSA) is 93.3 Å². The molecule has 0 saturated carbocycles. The summed E-state index contributed by atoms with van der Waals surface area (Å²) in [6.45, 7) is 1.63. The summed E-state index contributed by atoms with van der Waals surface area (Å²) in [5.74, 6) is 1.03. The fraction of sp³-hybridized carbons (Fsp3) is 0.800. The molecule has 1 aliphatic rings. The van der Waals surface area contributed by atoms with Crippen molar-refractivity contribution >= 4 is 9.84 Å². The highest BCUT2D eigenvalue weighted by atomic mass is 32.2. The molecule has 2 rings (SSSR count). The van der Waals surface area contributed by atoms with Crippen LogP contribution in [-0.2, 0) is 22.7 Å². The number of aliphatic hydroxyl groups is 1. The Kier molecular flexibility index (Phi) is 3.48. The van der Waals surface area contributed by atoms with Gasteiger partial charge in [-0.15, -0.1) is 0 Å². The van der Waals surface area contributed by atoms with Crippen molar-refractivity contribution in [1.82, 2.24) is 10.1 Å². The Hall–Kier alpha value is -0.950. The average Bonchev–Trinajstić information content (AvgIpc) is 2.75. The molecule has 1 aromatic rings. The van der Waals surface area contributed by atoms with E-state index in [1.807, 2.05) is 0 Å². The molecule has 0 aliphatic carbocycles. The second-order valence-corrected chi connectivity index (χ2v) is 6.89. The number of aliphatic hydroxyl groups excluding tert-OH is 1. The number of rotatable bonds is 4. The lowest BCUT2D eigenvalue weighted by molar-refractivity contribution is 0.181. The molecule has 2 heterocycles. The highest BCUT2D eigenvalue weighted by Gasteiger charge is 2.32. The first-order valence-corrected chi connectivity index (χ1v) is 7.40. The molecule has 0 spiro atoms. The maximum absolute atomic E-state index is 11.6. The maximum Gasteiger partial charge on any atom is 0.229 e. The van der Waals surface area contributed by atoms with Crippen LogP contribution in [0.5, 0.6) is 0 Å². The van der Waals surface area contributed by atoms with E-state index in [1.54, 1.807) is 6.92 Å². The number of aromatic nitrogens is 2. The molecule has 1 aromatic heterocycles. The van der Waals surface area contributed by atoms with Crippen molar-refractivity contribution in [3.8, 4) is 0 Å². The zero-order valence-electron chi connectivity index (χ0n) is 9.66. The van der Waals surface area contributed by atoms with Crippen LogP contribution >= 0.6 is 0 Å². The van der Waals surface area contributed by atoms with Gasteiger partial charge in [-0.2, -0.15) is 4.98 Å². The van der Waals surface area contributed by atoms with E-state index >= 15 is 0 Å². The summed E-state index contributed by atoms with van der Waals surface area (Å²) in [6.07, 6.45) is 1.45. The van der Waals surface area contributed by atoms with Crippen LogP contribution in [0.4, 0.5) is 0 Å². The van der Waals surface area contributed by atoms with Gasteiger partial charge in [0.05, 0.1) is 23.5 Å². The van der Waals surface area contributed by atoms with Crippen LogP contribution in [0.25, 0.3) is 0 Å². The summed E-state index contributed by atoms with van der Waals surface area (Å²) < 4.78 is 28.2. The molecule has 2 unspecified atom stereocenters. The smallest absolute Gasteiger partial charge is 0.229 e. The van der Waals surface area contributed by atoms with Crippen molar-refractivity contribution in [2.75, 3.05) is 5.75 Å². The molecule has 6 nitrogen and oxygen atoms in total. The molecule has 0 amide bonds. The lowest BCUT2D eigenvalue weighted by Gasteiger charge is -2.04. The van der Waals surface area contributed by atoms with Crippen molar-refractivity contribution in [3.05, 3.63) is 11.7 Å². The summed E-state index contributed by atoms with van der Waals surface area (Å²) in [4.78, 5) is 4.08. The van der Waals surface area contributed by atoms with E-state index in [9.17, 15) is 8.42 Å². The molecular weight excluding hydrogens is 244 g/mol. The minimum Gasteiger partial charge on any atom is -0.393 e. The molecule has 1 aliphatic heterocycles. The third kappa shape index (κ3) is 3.04. The Morgan fingerprint density at radius 2 is 2.35 bits per heavy atom. The van der Waals surface area contributed by atoms with Gasteiger partial charge in [0.25, 0.3) is 0 Å². The van der Waals surface area contributed by atoms with Gasteiger partial charge in [-0.1, -0.05) is 5.16 Å². The monoisotopic (exact) mass is 260 g/mol. The Labute approximate surface area is 99.9 Å². The first-order valence-electron chi connectivity index (χ1n) is 5.68. The Balaban J connectivity index is 2.02. The van der Waals surface area contributed by atoms with Crippen LogP contribution in [0.1, 0.15) is 31.5 Å². The summed E-state index contributed by atoms with van der Waals surface area (Å²) in [5, 5.41) is 12.5. The lowest BCUT2D eigenvalue weighted by atomic mass is 10.2. The number of nitrogens with zero attached hydrogens (tertiary/aromatic N) is 2. The second kappa shape index (κ2) is 4.73. The predicted molar refractivity (Wildman–Crippen MR) is 60.2 cm³/mol.